The minimum Gasteiger partial charge on any atom is -0.431 e. The Bertz CT molecular complexity index is 6550. The second kappa shape index (κ2) is 53.1. The Kier molecular flexibility index (Phi) is 41.5. The van der Waals surface area contributed by atoms with Crippen molar-refractivity contribution >= 4 is 233 Å². The van der Waals surface area contributed by atoms with Crippen LogP contribution in [-0.2, 0) is 50.1 Å². The molecule has 16 rings (SSSR count). The summed E-state index contributed by atoms with van der Waals surface area (Å²) in [6.45, 7) is 13.6. The number of anilines is 15. The van der Waals surface area contributed by atoms with Crippen LogP contribution in [0.4, 0.5) is 86.9 Å². The van der Waals surface area contributed by atoms with E-state index >= 15 is 0 Å². The maximum absolute atomic E-state index is 12.6. The summed E-state index contributed by atoms with van der Waals surface area (Å²) >= 11 is 25.5. The molecule has 0 bridgehead atoms. The standard InChI is InChI=1S/C19H25ClN6O4S.C18H25BrN6O4S.C18H24BrN5O4S.C18H25ClN6O4S.C17H23ClN6O4S/c20-15-4-3-14(11-16(15)23-18(27)17-12-30-19(21)24-17)25-6-8-26(9-7-25)31(28,29)10-5-22-13-1-2-13;1-23(2)9-10-30(27,28)25-7-5-24(6-8-25)13-3-4-14(19)15(11-13)21-17(26)16-12-29-18(20)22-16;1-2-3-10-29(26,27)24-8-6-23(7-9-24)13-4-5-14(19)15(11-13)21-17(25)16-12-28-18(20)22-16;1-23(2)9-10-30(27,28)25-7-5-24(6-8-25)13-3-4-14(19)15(11-13)21-17(26)16-12-29-18(20)22-16;1-20-4-9-29(26,27)24-7-5-23(6-8-24)12-2-3-13(18)14(10-12)21-16(25)15-11-28-17(19)22-15/h3-4,11-13,22H,1-2,5-10H2,(H2,21,24)(H,23,27);3-4,11-12H,5-10H2,1-2H3,(H2,20,22)(H,21,26);4-5,11-12H,2-3,6-10H2,1H3,(H2,20,22)(H,21,25);3-4,11-12H,5-10H2,1-2H3,(H2,20,22)(H,21,26);2-3,10-11,20H,4-9H2,1H3,(H2,19,22)(H,21,25). The third-order valence-corrected chi connectivity index (χ3v) is 35.9. The molecule has 0 unspecified atom stereocenters. The zero-order valence-corrected chi connectivity index (χ0v) is 92.1. The minimum absolute atomic E-state index is 0.0457. The molecule has 1 saturated carbocycles. The number of unbranched alkanes of at least 4 members (excludes halogenated alkanes) is 1. The number of nitrogens with one attached hydrogen (secondary N) is 7. The van der Waals surface area contributed by atoms with Crippen LogP contribution in [-0.4, -0.2) is 355 Å². The van der Waals surface area contributed by atoms with Crippen LogP contribution in [0.5, 0.6) is 0 Å². The van der Waals surface area contributed by atoms with Gasteiger partial charge < -0.3 is 122 Å². The van der Waals surface area contributed by atoms with Gasteiger partial charge in [0.05, 0.1) is 72.3 Å². The highest BCUT2D eigenvalue weighted by Crippen LogP contribution is 2.37. The number of hydrogen-bond acceptors (Lipinski definition) is 39. The summed E-state index contributed by atoms with van der Waals surface area (Å²) in [4.78, 5) is 94.6. The average Bonchev–Trinajstić information content (AvgIpc) is 1.70. The van der Waals surface area contributed by atoms with Gasteiger partial charge in [-0.15, -0.1) is 0 Å². The highest BCUT2D eigenvalue weighted by molar-refractivity contribution is 9.11. The maximum Gasteiger partial charge on any atom is 0.292 e. The lowest BCUT2D eigenvalue weighted by molar-refractivity contribution is 0.101. The second-order valence-corrected chi connectivity index (χ2v) is 48.6. The number of carbonyl (C=O) groups is 5. The van der Waals surface area contributed by atoms with Crippen LogP contribution in [0.1, 0.15) is 85.0 Å². The van der Waals surface area contributed by atoms with Crippen LogP contribution in [0.2, 0.25) is 15.1 Å². The van der Waals surface area contributed by atoms with Gasteiger partial charge in [0.25, 0.3) is 59.6 Å². The molecule has 49 nitrogen and oxygen atoms in total. The number of rotatable bonds is 36. The number of nitrogens with two attached hydrogens (primary N) is 5. The number of halogens is 5. The van der Waals surface area contributed by atoms with E-state index in [1.165, 1.54) is 33.7 Å². The first kappa shape index (κ1) is 116. The number of aromatic nitrogens is 5. The molecule has 1 aliphatic carbocycles. The van der Waals surface area contributed by atoms with Gasteiger partial charge in [-0.1, -0.05) is 48.1 Å². The van der Waals surface area contributed by atoms with Gasteiger partial charge in [0.1, 0.15) is 31.3 Å². The molecule has 5 amide bonds. The van der Waals surface area contributed by atoms with Crippen molar-refractivity contribution in [2.75, 3.05) is 301 Å². The average molecular weight is 2360 g/mol. The number of oxazole rings is 5. The summed E-state index contributed by atoms with van der Waals surface area (Å²) in [5.74, 6) is -1.75. The van der Waals surface area contributed by atoms with Gasteiger partial charge in [0.2, 0.25) is 50.1 Å². The Hall–Kier alpha value is -11.3. The summed E-state index contributed by atoms with van der Waals surface area (Å²) in [6, 6.07) is 27.1. The molecule has 6 aliphatic rings. The van der Waals surface area contributed by atoms with Crippen molar-refractivity contribution in [1.82, 2.24) is 66.9 Å². The van der Waals surface area contributed by atoms with Crippen LogP contribution in [0, 0.1) is 0 Å². The van der Waals surface area contributed by atoms with E-state index < -0.39 is 79.7 Å². The number of hydrogen-bond donors (Lipinski definition) is 12. The quantitative estimate of drug-likeness (QED) is 0.0185. The fourth-order valence-corrected chi connectivity index (χ4v) is 24.3. The lowest BCUT2D eigenvalue weighted by atomic mass is 10.2. The molecule has 5 aromatic heterocycles. The van der Waals surface area contributed by atoms with Crippen molar-refractivity contribution in [3.05, 3.63) is 175 Å². The number of benzene rings is 5. The molecule has 0 atom stereocenters. The largest absolute Gasteiger partial charge is 0.431 e. The first-order valence-electron chi connectivity index (χ1n) is 47.1. The Labute approximate surface area is 895 Å². The molecule has 5 aliphatic heterocycles. The zero-order chi connectivity index (χ0) is 108. The lowest BCUT2D eigenvalue weighted by Crippen LogP contribution is -2.50. The van der Waals surface area contributed by atoms with Crippen LogP contribution < -0.4 is 90.4 Å². The van der Waals surface area contributed by atoms with Crippen molar-refractivity contribution in [2.45, 2.75) is 38.6 Å². The maximum atomic E-state index is 12.6. The van der Waals surface area contributed by atoms with E-state index in [0.717, 1.165) is 54.0 Å². The fourth-order valence-electron chi connectivity index (χ4n) is 15.5. The van der Waals surface area contributed by atoms with Gasteiger partial charge in [-0.05, 0) is 177 Å². The van der Waals surface area contributed by atoms with Crippen molar-refractivity contribution in [2.24, 2.45) is 0 Å². The predicted molar refractivity (Wildman–Crippen MR) is 582 cm³/mol. The third kappa shape index (κ3) is 33.9. The van der Waals surface area contributed by atoms with Crippen LogP contribution in [0.15, 0.2) is 153 Å². The Balaban J connectivity index is 0.000000165. The summed E-state index contributed by atoms with van der Waals surface area (Å²) in [5.41, 5.74) is 34.0. The number of sulfonamides is 5. The topological polar surface area (TPSA) is 639 Å². The van der Waals surface area contributed by atoms with Gasteiger partial charge in [-0.2, -0.15) is 46.4 Å². The summed E-state index contributed by atoms with van der Waals surface area (Å²) < 4.78 is 158. The number of piperazine rings is 5. The molecule has 0 spiro atoms. The van der Waals surface area contributed by atoms with Crippen LogP contribution in [0.25, 0.3) is 0 Å². The van der Waals surface area contributed by atoms with E-state index in [2.05, 4.69) is 114 Å². The van der Waals surface area contributed by atoms with Gasteiger partial charge >= 0.3 is 0 Å². The van der Waals surface area contributed by atoms with Gasteiger partial charge in [-0.3, -0.25) is 24.0 Å². The molecule has 0 radical (unpaired) electrons. The molecule has 10 heterocycles. The fraction of sp³-hybridized carbons (Fsp3) is 0.444. The molecule has 5 aromatic carbocycles. The lowest BCUT2D eigenvalue weighted by Gasteiger charge is -2.35. The molecular weight excluding hydrogens is 2230 g/mol. The van der Waals surface area contributed by atoms with Gasteiger partial charge in [0, 0.05) is 200 Å². The molecule has 812 valence electrons. The Morgan fingerprint density at radius 3 is 0.805 bits per heavy atom. The van der Waals surface area contributed by atoms with Crippen molar-refractivity contribution in [3.63, 3.8) is 0 Å². The number of amides is 5. The molecule has 10 aromatic rings. The van der Waals surface area contributed by atoms with Crippen LogP contribution in [0.3, 0.4) is 0 Å². The SMILES string of the molecule is CCCCS(=O)(=O)N1CCN(c2ccc(Br)c(NC(=O)c3coc(N)n3)c2)CC1.CN(C)CCS(=O)(=O)N1CCN(c2ccc(Br)c(NC(=O)c3coc(N)n3)c2)CC1.CN(C)CCS(=O)(=O)N1CCN(c2ccc(Cl)c(NC(=O)c3coc(N)n3)c2)CC1.CNCCS(=O)(=O)N1CCN(c2ccc(Cl)c(NC(=O)c3coc(N)n3)c2)CC1.Nc1nc(C(=O)Nc2cc(N3CCN(S(=O)(=O)CCNC4CC4)CC3)ccc2Cl)co1. The van der Waals surface area contributed by atoms with Crippen molar-refractivity contribution in [1.29, 1.82) is 0 Å². The summed E-state index contributed by atoms with van der Waals surface area (Å²) in [7, 11) is -7.16. The molecular formula is C90H122Br2Cl3N29O20S5. The molecule has 6 fully saturated rings. The number of nitrogens with zero attached hydrogens (tertiary/aromatic N) is 17. The van der Waals surface area contributed by atoms with E-state index in [1.54, 1.807) is 56.4 Å². The van der Waals surface area contributed by atoms with Gasteiger partial charge in [-0.25, -0.2) is 42.1 Å². The molecule has 5 saturated heterocycles. The van der Waals surface area contributed by atoms with Crippen molar-refractivity contribution in [3.8, 4) is 0 Å². The van der Waals surface area contributed by atoms with E-state index in [9.17, 15) is 66.1 Å². The summed E-state index contributed by atoms with van der Waals surface area (Å²) in [5, 5.41) is 20.9. The van der Waals surface area contributed by atoms with Crippen LogP contribution >= 0.6 is 66.7 Å². The number of nitrogen functional groups attached to an aromatic ring is 5. The summed E-state index contributed by atoms with van der Waals surface area (Å²) in [6.07, 6.45) is 9.68. The van der Waals surface area contributed by atoms with Crippen molar-refractivity contribution < 1.29 is 88.1 Å². The monoisotopic (exact) mass is 2350 g/mol. The molecule has 149 heavy (non-hydrogen) atoms. The second-order valence-electron chi connectivity index (χ2n) is 35.2. The Morgan fingerprint density at radius 1 is 0.349 bits per heavy atom. The van der Waals surface area contributed by atoms with Gasteiger partial charge in [0.15, 0.2) is 28.5 Å². The van der Waals surface area contributed by atoms with E-state index in [-0.39, 0.29) is 87.3 Å². The highest BCUT2D eigenvalue weighted by Gasteiger charge is 2.35. The highest BCUT2D eigenvalue weighted by atomic mass is 79.9. The first-order chi connectivity index (χ1) is 70.7. The van der Waals surface area contributed by atoms with E-state index in [0.29, 0.717) is 222 Å². The molecule has 59 heteroatoms. The smallest absolute Gasteiger partial charge is 0.292 e. The minimum atomic E-state index is -3.28. The molecule has 17 N–H and O–H groups in total. The predicted octanol–water partition coefficient (Wildman–Crippen LogP) is 7.18. The normalized spacial score (nSPS) is 15.9. The first-order valence-corrected chi connectivity index (χ1v) is 57.9. The number of carbonyl (C=O) groups excluding carboxylic acids is 5. The zero-order valence-electron chi connectivity index (χ0n) is 82.5. The Morgan fingerprint density at radius 2 is 0.577 bits per heavy atom. The van der Waals surface area contributed by atoms with E-state index in [4.69, 9.17) is 85.6 Å². The third-order valence-electron chi connectivity index (χ3n) is 24.1. The van der Waals surface area contributed by atoms with E-state index in [1.807, 2.05) is 104 Å².